The van der Waals surface area contributed by atoms with E-state index in [1.165, 1.54) is 12.1 Å². The summed E-state index contributed by atoms with van der Waals surface area (Å²) in [6.45, 7) is 1.81. The van der Waals surface area contributed by atoms with Crippen molar-refractivity contribution < 1.29 is 9.18 Å². The number of hydrogen-bond donors (Lipinski definition) is 0. The summed E-state index contributed by atoms with van der Waals surface area (Å²) in [6.07, 6.45) is 3.91. The van der Waals surface area contributed by atoms with E-state index in [2.05, 4.69) is 16.4 Å². The minimum Gasteiger partial charge on any atom is -0.305 e. The fourth-order valence-corrected chi connectivity index (χ4v) is 5.86. The zero-order chi connectivity index (χ0) is 22.6. The third-order valence-corrected chi connectivity index (χ3v) is 7.61. The molecular formula is C27H22FN3OS. The molecule has 2 aliphatic rings. The number of aromatic nitrogens is 1. The molecule has 0 saturated carbocycles. The highest BCUT2D eigenvalue weighted by atomic mass is 32.2. The smallest absolute Gasteiger partial charge is 0.240 e. The van der Waals surface area contributed by atoms with Gasteiger partial charge in [0.25, 0.3) is 0 Å². The quantitative estimate of drug-likeness (QED) is 0.385. The molecule has 6 heteroatoms. The zero-order valence-electron chi connectivity index (χ0n) is 18.2. The van der Waals surface area contributed by atoms with E-state index >= 15 is 0 Å². The molecule has 1 fully saturated rings. The van der Waals surface area contributed by atoms with Gasteiger partial charge in [-0.25, -0.2) is 8.70 Å². The minimum atomic E-state index is -0.480. The standard InChI is InChI=1S/C27H22FN3OS/c1-33-30-16-27(17-30)22-8-4-5-9-24(22)31(26(27)32)15-23-25(18-10-12-20(28)13-11-18)21-7-3-2-6-19(21)14-29-23/h2-14H,15-17H2,1H3. The van der Waals surface area contributed by atoms with Gasteiger partial charge in [-0.1, -0.05) is 66.5 Å². The number of benzene rings is 3. The van der Waals surface area contributed by atoms with Gasteiger partial charge < -0.3 is 4.90 Å². The molecule has 1 spiro atoms. The summed E-state index contributed by atoms with van der Waals surface area (Å²) in [5, 5.41) is 2.06. The molecular weight excluding hydrogens is 433 g/mol. The van der Waals surface area contributed by atoms with Gasteiger partial charge in [0.1, 0.15) is 11.2 Å². The number of nitrogens with zero attached hydrogens (tertiary/aromatic N) is 3. The highest BCUT2D eigenvalue weighted by Gasteiger charge is 2.57. The lowest BCUT2D eigenvalue weighted by Gasteiger charge is -2.45. The van der Waals surface area contributed by atoms with Gasteiger partial charge in [-0.05, 0) is 41.0 Å². The van der Waals surface area contributed by atoms with Crippen LogP contribution in [0.15, 0.2) is 79.0 Å². The molecule has 0 aliphatic carbocycles. The summed E-state index contributed by atoms with van der Waals surface area (Å²) in [7, 11) is 0. The van der Waals surface area contributed by atoms with Crippen molar-refractivity contribution in [1.29, 1.82) is 0 Å². The maximum atomic E-state index is 13.8. The van der Waals surface area contributed by atoms with Crippen molar-refractivity contribution in [2.45, 2.75) is 12.0 Å². The molecule has 0 N–H and O–H groups in total. The summed E-state index contributed by atoms with van der Waals surface area (Å²) >= 11 is 1.68. The number of para-hydroxylation sites is 1. The van der Waals surface area contributed by atoms with E-state index in [-0.39, 0.29) is 11.7 Å². The van der Waals surface area contributed by atoms with Crippen LogP contribution in [0.25, 0.3) is 21.9 Å². The Bertz CT molecular complexity index is 1380. The SMILES string of the molecule is CSN1CC2(C1)C(=O)N(Cc1ncc3ccccc3c1-c1ccc(F)cc1)c1ccccc12. The molecule has 1 aromatic heterocycles. The Morgan fingerprint density at radius 2 is 1.73 bits per heavy atom. The van der Waals surface area contributed by atoms with Crippen LogP contribution in [-0.4, -0.2) is 34.5 Å². The maximum absolute atomic E-state index is 13.8. The Balaban J connectivity index is 1.47. The normalized spacial score (nSPS) is 16.9. The summed E-state index contributed by atoms with van der Waals surface area (Å²) in [4.78, 5) is 20.5. The average molecular weight is 456 g/mol. The Kier molecular flexibility index (Phi) is 4.75. The van der Waals surface area contributed by atoms with Crippen LogP contribution < -0.4 is 4.90 Å². The first-order valence-electron chi connectivity index (χ1n) is 10.9. The first kappa shape index (κ1) is 20.4. The van der Waals surface area contributed by atoms with E-state index in [4.69, 9.17) is 4.98 Å². The summed E-state index contributed by atoms with van der Waals surface area (Å²) in [6, 6.07) is 22.7. The molecule has 3 heterocycles. The lowest BCUT2D eigenvalue weighted by atomic mass is 9.76. The van der Waals surface area contributed by atoms with Gasteiger partial charge in [0.2, 0.25) is 5.91 Å². The van der Waals surface area contributed by atoms with Crippen molar-refractivity contribution in [2.24, 2.45) is 0 Å². The fraction of sp³-hybridized carbons (Fsp3) is 0.185. The van der Waals surface area contributed by atoms with Gasteiger partial charge in [-0.2, -0.15) is 0 Å². The Morgan fingerprint density at radius 3 is 2.52 bits per heavy atom. The largest absolute Gasteiger partial charge is 0.305 e. The van der Waals surface area contributed by atoms with Gasteiger partial charge in [0.05, 0.1) is 12.2 Å². The van der Waals surface area contributed by atoms with Crippen LogP contribution in [0.5, 0.6) is 0 Å². The van der Waals surface area contributed by atoms with Crippen LogP contribution in [0.1, 0.15) is 11.3 Å². The number of halogens is 1. The van der Waals surface area contributed by atoms with Crippen molar-refractivity contribution >= 4 is 34.3 Å². The van der Waals surface area contributed by atoms with Crippen molar-refractivity contribution in [3.05, 3.63) is 96.1 Å². The third-order valence-electron chi connectivity index (χ3n) is 6.83. The second-order valence-corrected chi connectivity index (χ2v) is 9.53. The lowest BCUT2D eigenvalue weighted by Crippen LogP contribution is -2.61. The first-order chi connectivity index (χ1) is 16.1. The van der Waals surface area contributed by atoms with Crippen molar-refractivity contribution in [3.63, 3.8) is 0 Å². The van der Waals surface area contributed by atoms with E-state index in [9.17, 15) is 9.18 Å². The summed E-state index contributed by atoms with van der Waals surface area (Å²) < 4.78 is 15.9. The molecule has 0 bridgehead atoms. The van der Waals surface area contributed by atoms with Crippen LogP contribution in [0.3, 0.4) is 0 Å². The molecule has 1 amide bonds. The molecule has 0 unspecified atom stereocenters. The average Bonchev–Trinajstić information content (AvgIpc) is 3.06. The monoisotopic (exact) mass is 455 g/mol. The molecule has 1 saturated heterocycles. The fourth-order valence-electron chi connectivity index (χ4n) is 5.16. The van der Waals surface area contributed by atoms with Gasteiger partial charge >= 0.3 is 0 Å². The van der Waals surface area contributed by atoms with Crippen LogP contribution >= 0.6 is 11.9 Å². The number of fused-ring (bicyclic) bond motifs is 3. The van der Waals surface area contributed by atoms with Gasteiger partial charge in [0.15, 0.2) is 0 Å². The molecule has 6 rings (SSSR count). The zero-order valence-corrected chi connectivity index (χ0v) is 19.0. The molecule has 0 radical (unpaired) electrons. The van der Waals surface area contributed by atoms with Crippen molar-refractivity contribution in [1.82, 2.24) is 9.29 Å². The van der Waals surface area contributed by atoms with Crippen LogP contribution in [0, 0.1) is 5.82 Å². The summed E-state index contributed by atoms with van der Waals surface area (Å²) in [5.41, 5.74) is 4.22. The van der Waals surface area contributed by atoms with E-state index < -0.39 is 5.41 Å². The van der Waals surface area contributed by atoms with Crippen molar-refractivity contribution in [2.75, 3.05) is 24.2 Å². The number of hydrogen-bond acceptors (Lipinski definition) is 4. The highest BCUT2D eigenvalue weighted by molar-refractivity contribution is 7.96. The van der Waals surface area contributed by atoms with Crippen LogP contribution in [-0.2, 0) is 16.8 Å². The minimum absolute atomic E-state index is 0.133. The van der Waals surface area contributed by atoms with Gasteiger partial charge in [0, 0.05) is 35.9 Å². The molecule has 33 heavy (non-hydrogen) atoms. The Labute approximate surface area is 196 Å². The molecule has 3 aromatic carbocycles. The lowest BCUT2D eigenvalue weighted by molar-refractivity contribution is -0.126. The number of amides is 1. The van der Waals surface area contributed by atoms with E-state index in [0.717, 1.165) is 51.9 Å². The second kappa shape index (κ2) is 7.68. The molecule has 2 aliphatic heterocycles. The predicted octanol–water partition coefficient (Wildman–Crippen LogP) is 5.42. The summed E-state index contributed by atoms with van der Waals surface area (Å²) in [5.74, 6) is -0.142. The molecule has 4 nitrogen and oxygen atoms in total. The topological polar surface area (TPSA) is 36.4 Å². The number of carbonyl (C=O) groups is 1. The van der Waals surface area contributed by atoms with Gasteiger partial charge in [-0.3, -0.25) is 9.78 Å². The number of anilines is 1. The number of carbonyl (C=O) groups excluding carboxylic acids is 1. The Hall–Kier alpha value is -3.22. The highest BCUT2D eigenvalue weighted by Crippen LogP contribution is 2.49. The van der Waals surface area contributed by atoms with Crippen LogP contribution in [0.4, 0.5) is 10.1 Å². The number of rotatable bonds is 4. The van der Waals surface area contributed by atoms with E-state index in [1.807, 2.05) is 53.8 Å². The first-order valence-corrected chi connectivity index (χ1v) is 12.1. The van der Waals surface area contributed by atoms with E-state index in [0.29, 0.717) is 6.54 Å². The van der Waals surface area contributed by atoms with Crippen LogP contribution in [0.2, 0.25) is 0 Å². The predicted molar refractivity (Wildman–Crippen MR) is 132 cm³/mol. The molecule has 4 aromatic rings. The maximum Gasteiger partial charge on any atom is 0.240 e. The van der Waals surface area contributed by atoms with E-state index in [1.54, 1.807) is 24.1 Å². The molecule has 0 atom stereocenters. The number of pyridine rings is 1. The van der Waals surface area contributed by atoms with Gasteiger partial charge in [-0.15, -0.1) is 0 Å². The van der Waals surface area contributed by atoms with Crippen molar-refractivity contribution in [3.8, 4) is 11.1 Å². The molecule has 164 valence electrons. The third kappa shape index (κ3) is 3.09. The Morgan fingerprint density at radius 1 is 1.00 bits per heavy atom. The second-order valence-electron chi connectivity index (χ2n) is 8.65.